The normalized spacial score (nSPS) is 16.4. The highest BCUT2D eigenvalue weighted by Crippen LogP contribution is 2.16. The lowest BCUT2D eigenvalue weighted by atomic mass is 10.3. The van der Waals surface area contributed by atoms with Gasteiger partial charge in [0.2, 0.25) is 5.91 Å². The zero-order valence-electron chi connectivity index (χ0n) is 16.3. The summed E-state index contributed by atoms with van der Waals surface area (Å²) < 4.78 is 33.4. The van der Waals surface area contributed by atoms with Gasteiger partial charge in [-0.3, -0.25) is 9.69 Å². The van der Waals surface area contributed by atoms with E-state index in [1.807, 2.05) is 37.8 Å². The Kier molecular flexibility index (Phi) is 8.03. The molecule has 0 radical (unpaired) electrons. The average Bonchev–Trinajstić information content (AvgIpc) is 2.65. The van der Waals surface area contributed by atoms with Gasteiger partial charge >= 0.3 is 0 Å². The zero-order valence-corrected chi connectivity index (χ0v) is 17.2. The molecule has 1 amide bonds. The van der Waals surface area contributed by atoms with Crippen LogP contribution in [0.1, 0.15) is 20.8 Å². The van der Waals surface area contributed by atoms with Crippen LogP contribution in [0.5, 0.6) is 5.75 Å². The van der Waals surface area contributed by atoms with Gasteiger partial charge in [0.15, 0.2) is 0 Å². The number of ether oxygens (including phenoxy) is 1. The number of hydrogen-bond donors (Lipinski definition) is 1. The van der Waals surface area contributed by atoms with Crippen LogP contribution in [0.4, 0.5) is 5.69 Å². The summed E-state index contributed by atoms with van der Waals surface area (Å²) in [6.07, 6.45) is 0. The molecule has 0 unspecified atom stereocenters. The Morgan fingerprint density at radius 3 is 2.19 bits per heavy atom. The number of piperazine rings is 1. The van der Waals surface area contributed by atoms with Crippen LogP contribution in [0.25, 0.3) is 0 Å². The smallest absolute Gasteiger partial charge is 0.282 e. The van der Waals surface area contributed by atoms with E-state index in [4.69, 9.17) is 4.74 Å². The second kappa shape index (κ2) is 10.0. The van der Waals surface area contributed by atoms with Crippen LogP contribution in [0.3, 0.4) is 0 Å². The number of benzene rings is 1. The molecule has 152 valence electrons. The molecular formula is C18H30N4O4S. The predicted octanol–water partition coefficient (Wildman–Crippen LogP) is 1.23. The molecule has 1 saturated heterocycles. The molecule has 0 aliphatic carbocycles. The van der Waals surface area contributed by atoms with Gasteiger partial charge in [0.25, 0.3) is 10.2 Å². The quantitative estimate of drug-likeness (QED) is 0.677. The highest BCUT2D eigenvalue weighted by Gasteiger charge is 2.31. The first-order valence-electron chi connectivity index (χ1n) is 9.41. The zero-order chi connectivity index (χ0) is 19.9. The van der Waals surface area contributed by atoms with E-state index < -0.39 is 10.2 Å². The minimum absolute atomic E-state index is 0.112. The number of carbonyl (C=O) groups is 1. The van der Waals surface area contributed by atoms with E-state index in [1.54, 1.807) is 12.1 Å². The molecule has 8 nitrogen and oxygen atoms in total. The first-order valence-corrected chi connectivity index (χ1v) is 10.8. The molecule has 0 spiro atoms. The molecular weight excluding hydrogens is 368 g/mol. The van der Waals surface area contributed by atoms with Crippen LogP contribution in [0.15, 0.2) is 24.3 Å². The van der Waals surface area contributed by atoms with Gasteiger partial charge in [-0.15, -0.1) is 0 Å². The maximum absolute atomic E-state index is 12.5. The summed E-state index contributed by atoms with van der Waals surface area (Å²) in [5.41, 5.74) is 0.714. The van der Waals surface area contributed by atoms with E-state index in [9.17, 15) is 13.2 Å². The summed E-state index contributed by atoms with van der Waals surface area (Å²) in [5.74, 6) is 0.653. The highest BCUT2D eigenvalue weighted by atomic mass is 32.2. The number of amides is 1. The number of anilines is 1. The van der Waals surface area contributed by atoms with Gasteiger partial charge in [-0.05, 0) is 31.2 Å². The summed E-state index contributed by atoms with van der Waals surface area (Å²) >= 11 is 0. The molecule has 0 bridgehead atoms. The molecule has 1 fully saturated rings. The summed E-state index contributed by atoms with van der Waals surface area (Å²) in [4.78, 5) is 14.2. The van der Waals surface area contributed by atoms with E-state index in [0.717, 1.165) is 5.75 Å². The van der Waals surface area contributed by atoms with E-state index in [2.05, 4.69) is 5.32 Å². The van der Waals surface area contributed by atoms with Gasteiger partial charge in [-0.25, -0.2) is 0 Å². The third-order valence-electron chi connectivity index (χ3n) is 4.51. The Hall–Kier alpha value is -1.68. The van der Waals surface area contributed by atoms with Gasteiger partial charge in [0.05, 0.1) is 13.2 Å². The van der Waals surface area contributed by atoms with E-state index >= 15 is 0 Å². The van der Waals surface area contributed by atoms with Crippen LogP contribution in [-0.4, -0.2) is 80.3 Å². The lowest BCUT2D eigenvalue weighted by Gasteiger charge is -2.35. The van der Waals surface area contributed by atoms with Crippen molar-refractivity contribution < 1.29 is 17.9 Å². The summed E-state index contributed by atoms with van der Waals surface area (Å²) in [6, 6.07) is 7.24. The minimum Gasteiger partial charge on any atom is -0.494 e. The molecule has 0 saturated carbocycles. The van der Waals surface area contributed by atoms with Gasteiger partial charge < -0.3 is 10.1 Å². The first kappa shape index (κ1) is 21.6. The van der Waals surface area contributed by atoms with Crippen LogP contribution in [0.2, 0.25) is 0 Å². The number of carbonyl (C=O) groups excluding carboxylic acids is 1. The molecule has 1 aliphatic rings. The molecule has 0 aromatic heterocycles. The molecule has 2 rings (SSSR count). The Bertz CT molecular complexity index is 697. The average molecular weight is 399 g/mol. The van der Waals surface area contributed by atoms with Crippen molar-refractivity contribution in [3.63, 3.8) is 0 Å². The van der Waals surface area contributed by atoms with Crippen molar-refractivity contribution >= 4 is 21.8 Å². The second-order valence-corrected chi connectivity index (χ2v) is 8.20. The van der Waals surface area contributed by atoms with Gasteiger partial charge in [-0.1, -0.05) is 13.8 Å². The number of nitrogens with zero attached hydrogens (tertiary/aromatic N) is 3. The Morgan fingerprint density at radius 2 is 1.67 bits per heavy atom. The number of hydrogen-bond acceptors (Lipinski definition) is 5. The fourth-order valence-electron chi connectivity index (χ4n) is 3.04. The van der Waals surface area contributed by atoms with Crippen molar-refractivity contribution in [3.05, 3.63) is 24.3 Å². The molecule has 27 heavy (non-hydrogen) atoms. The highest BCUT2D eigenvalue weighted by molar-refractivity contribution is 7.86. The first-order chi connectivity index (χ1) is 12.9. The third-order valence-corrected chi connectivity index (χ3v) is 6.69. The predicted molar refractivity (Wildman–Crippen MR) is 106 cm³/mol. The van der Waals surface area contributed by atoms with Crippen molar-refractivity contribution in [2.24, 2.45) is 0 Å². The lowest BCUT2D eigenvalue weighted by molar-refractivity contribution is -0.117. The maximum Gasteiger partial charge on any atom is 0.282 e. The van der Waals surface area contributed by atoms with Crippen molar-refractivity contribution in [1.29, 1.82) is 0 Å². The van der Waals surface area contributed by atoms with Crippen LogP contribution < -0.4 is 10.1 Å². The van der Waals surface area contributed by atoms with Crippen molar-refractivity contribution in [3.8, 4) is 5.75 Å². The van der Waals surface area contributed by atoms with Gasteiger partial charge in [0, 0.05) is 45.0 Å². The SMILES string of the molecule is CCOc1ccc(NC(=O)CN2CCN(S(=O)(=O)N(CC)CC)CC2)cc1. The second-order valence-electron chi connectivity index (χ2n) is 6.27. The lowest BCUT2D eigenvalue weighted by Crippen LogP contribution is -2.54. The topological polar surface area (TPSA) is 82.2 Å². The molecule has 1 N–H and O–H groups in total. The number of nitrogens with one attached hydrogen (secondary N) is 1. The molecule has 1 aromatic carbocycles. The Morgan fingerprint density at radius 1 is 1.07 bits per heavy atom. The third kappa shape index (κ3) is 5.90. The van der Waals surface area contributed by atoms with E-state index in [-0.39, 0.29) is 12.5 Å². The molecule has 0 atom stereocenters. The minimum atomic E-state index is -3.41. The van der Waals surface area contributed by atoms with Crippen molar-refractivity contribution in [2.75, 3.05) is 57.7 Å². The molecule has 1 aromatic rings. The maximum atomic E-state index is 12.5. The Labute approximate surface area is 162 Å². The van der Waals surface area contributed by atoms with E-state index in [1.165, 1.54) is 8.61 Å². The van der Waals surface area contributed by atoms with Gasteiger partial charge in [0.1, 0.15) is 5.75 Å². The molecule has 9 heteroatoms. The van der Waals surface area contributed by atoms with Crippen LogP contribution >= 0.6 is 0 Å². The van der Waals surface area contributed by atoms with Crippen molar-refractivity contribution in [2.45, 2.75) is 20.8 Å². The number of rotatable bonds is 9. The van der Waals surface area contributed by atoms with E-state index in [0.29, 0.717) is 51.6 Å². The standard InChI is InChI=1S/C18H30N4O4S/c1-4-21(5-2)27(24,25)22-13-11-20(12-14-22)15-18(23)19-16-7-9-17(10-8-16)26-6-3/h7-10H,4-6,11-15H2,1-3H3,(H,19,23). The monoisotopic (exact) mass is 398 g/mol. The summed E-state index contributed by atoms with van der Waals surface area (Å²) in [5, 5.41) is 2.86. The molecule has 1 heterocycles. The molecule has 1 aliphatic heterocycles. The van der Waals surface area contributed by atoms with Crippen molar-refractivity contribution in [1.82, 2.24) is 13.5 Å². The van der Waals surface area contributed by atoms with Gasteiger partial charge in [-0.2, -0.15) is 17.0 Å². The Balaban J connectivity index is 1.82. The fraction of sp³-hybridized carbons (Fsp3) is 0.611. The van der Waals surface area contributed by atoms with Crippen LogP contribution in [0, 0.1) is 0 Å². The summed E-state index contributed by atoms with van der Waals surface area (Å²) in [6.45, 7) is 9.23. The fourth-order valence-corrected chi connectivity index (χ4v) is 4.64. The van der Waals surface area contributed by atoms with Crippen LogP contribution in [-0.2, 0) is 15.0 Å². The summed E-state index contributed by atoms with van der Waals surface area (Å²) in [7, 11) is -3.41. The largest absolute Gasteiger partial charge is 0.494 e.